The van der Waals surface area contributed by atoms with Crippen molar-refractivity contribution in [3.05, 3.63) is 109 Å². The number of halogens is 3. The Labute approximate surface area is 237 Å². The van der Waals surface area contributed by atoms with Crippen LogP contribution in [0.5, 0.6) is 17.4 Å². The van der Waals surface area contributed by atoms with E-state index in [1.54, 1.807) is 67.8 Å². The zero-order valence-corrected chi connectivity index (χ0v) is 23.5. The maximum absolute atomic E-state index is 13.0. The van der Waals surface area contributed by atoms with E-state index in [0.29, 0.717) is 33.1 Å². The van der Waals surface area contributed by atoms with Crippen molar-refractivity contribution in [2.45, 2.75) is 13.1 Å². The summed E-state index contributed by atoms with van der Waals surface area (Å²) in [4.78, 5) is 31.8. The Bertz CT molecular complexity index is 1530. The number of methoxy groups -OCH3 is 1. The number of rotatable bonds is 8. The Balaban J connectivity index is 1.48. The second-order valence-electron chi connectivity index (χ2n) is 8.24. The topological polar surface area (TPSA) is 85.7 Å². The first-order valence-electron chi connectivity index (χ1n) is 11.4. The zero-order chi connectivity index (χ0) is 27.2. The molecule has 4 aromatic rings. The SMILES string of the molecule is COc1cccc(Cn2cccc(NC(=O)N(C)Cc3ccc(Br)cc3Oc3ccc(Cl)c(Cl)c3)c2=O)n1. The third kappa shape index (κ3) is 6.86. The Morgan fingerprint density at radius 1 is 1.08 bits per heavy atom. The lowest BCUT2D eigenvalue weighted by molar-refractivity contribution is 0.220. The highest BCUT2D eigenvalue weighted by atomic mass is 79.9. The highest BCUT2D eigenvalue weighted by molar-refractivity contribution is 9.10. The van der Waals surface area contributed by atoms with E-state index in [2.05, 4.69) is 26.2 Å². The number of anilines is 1. The van der Waals surface area contributed by atoms with Crippen LogP contribution in [-0.4, -0.2) is 34.6 Å². The lowest BCUT2D eigenvalue weighted by atomic mass is 10.2. The summed E-state index contributed by atoms with van der Waals surface area (Å²) < 4.78 is 13.5. The second-order valence-corrected chi connectivity index (χ2v) is 9.97. The molecule has 0 spiro atoms. The van der Waals surface area contributed by atoms with Crippen LogP contribution in [0.15, 0.2) is 82.2 Å². The second kappa shape index (κ2) is 12.3. The first-order chi connectivity index (χ1) is 18.2. The van der Waals surface area contributed by atoms with Gasteiger partial charge in [-0.2, -0.15) is 0 Å². The summed E-state index contributed by atoms with van der Waals surface area (Å²) in [6, 6.07) is 18.6. The summed E-state index contributed by atoms with van der Waals surface area (Å²) in [6.45, 7) is 0.439. The molecule has 0 aliphatic heterocycles. The summed E-state index contributed by atoms with van der Waals surface area (Å²) in [7, 11) is 3.16. The van der Waals surface area contributed by atoms with Gasteiger partial charge < -0.3 is 24.3 Å². The van der Waals surface area contributed by atoms with Gasteiger partial charge in [-0.1, -0.05) is 51.3 Å². The Morgan fingerprint density at radius 2 is 1.89 bits per heavy atom. The number of carbonyl (C=O) groups excluding carboxylic acids is 1. The Hall–Kier alpha value is -3.53. The lowest BCUT2D eigenvalue weighted by Crippen LogP contribution is -2.34. The number of amides is 2. The molecule has 8 nitrogen and oxygen atoms in total. The van der Waals surface area contributed by atoms with Gasteiger partial charge in [0.15, 0.2) is 0 Å². The third-order valence-corrected chi connectivity index (χ3v) is 6.72. The van der Waals surface area contributed by atoms with Gasteiger partial charge in [-0.3, -0.25) is 4.79 Å². The van der Waals surface area contributed by atoms with Crippen LogP contribution in [-0.2, 0) is 13.1 Å². The van der Waals surface area contributed by atoms with Gasteiger partial charge in [-0.25, -0.2) is 9.78 Å². The number of nitrogens with zero attached hydrogens (tertiary/aromatic N) is 3. The molecule has 11 heteroatoms. The van der Waals surface area contributed by atoms with Crippen LogP contribution in [0.3, 0.4) is 0 Å². The van der Waals surface area contributed by atoms with Gasteiger partial charge in [0.2, 0.25) is 5.88 Å². The molecule has 0 saturated heterocycles. The molecule has 0 aliphatic rings. The van der Waals surface area contributed by atoms with Gasteiger partial charge in [-0.05, 0) is 42.5 Å². The molecule has 0 atom stereocenters. The molecule has 2 amide bonds. The molecule has 2 aromatic carbocycles. The summed E-state index contributed by atoms with van der Waals surface area (Å²) in [6.07, 6.45) is 1.64. The minimum atomic E-state index is -0.456. The zero-order valence-electron chi connectivity index (χ0n) is 20.5. The molecule has 0 radical (unpaired) electrons. The number of hydrogen-bond donors (Lipinski definition) is 1. The van der Waals surface area contributed by atoms with Crippen LogP contribution in [0.25, 0.3) is 0 Å². The fraction of sp³-hybridized carbons (Fsp3) is 0.148. The third-order valence-electron chi connectivity index (χ3n) is 5.49. The van der Waals surface area contributed by atoms with Crippen LogP contribution in [0.2, 0.25) is 10.0 Å². The molecular formula is C27H23BrCl2N4O4. The van der Waals surface area contributed by atoms with Crippen LogP contribution < -0.4 is 20.3 Å². The highest BCUT2D eigenvalue weighted by Crippen LogP contribution is 2.33. The quantitative estimate of drug-likeness (QED) is 0.234. The number of benzene rings is 2. The normalized spacial score (nSPS) is 10.7. The van der Waals surface area contributed by atoms with E-state index >= 15 is 0 Å². The van der Waals surface area contributed by atoms with E-state index in [-0.39, 0.29) is 24.3 Å². The molecular weight excluding hydrogens is 595 g/mol. The van der Waals surface area contributed by atoms with Crippen molar-refractivity contribution in [3.63, 3.8) is 0 Å². The van der Waals surface area contributed by atoms with Gasteiger partial charge >= 0.3 is 6.03 Å². The molecule has 2 aromatic heterocycles. The minimum absolute atomic E-state index is 0.148. The van der Waals surface area contributed by atoms with E-state index in [1.165, 1.54) is 16.6 Å². The average Bonchev–Trinajstić information content (AvgIpc) is 2.90. The number of urea groups is 1. The molecule has 1 N–H and O–H groups in total. The molecule has 2 heterocycles. The fourth-order valence-corrected chi connectivity index (χ4v) is 4.18. The van der Waals surface area contributed by atoms with Crippen molar-refractivity contribution in [1.82, 2.24) is 14.5 Å². The minimum Gasteiger partial charge on any atom is -0.481 e. The summed E-state index contributed by atoms with van der Waals surface area (Å²) in [5.74, 6) is 1.49. The van der Waals surface area contributed by atoms with Crippen LogP contribution in [0.4, 0.5) is 10.5 Å². The lowest BCUT2D eigenvalue weighted by Gasteiger charge is -2.20. The van der Waals surface area contributed by atoms with E-state index in [4.69, 9.17) is 32.7 Å². The van der Waals surface area contributed by atoms with Crippen LogP contribution in [0.1, 0.15) is 11.3 Å². The van der Waals surface area contributed by atoms with E-state index < -0.39 is 6.03 Å². The van der Waals surface area contributed by atoms with Crippen molar-refractivity contribution in [1.29, 1.82) is 0 Å². The number of pyridine rings is 2. The van der Waals surface area contributed by atoms with Crippen LogP contribution in [0, 0.1) is 0 Å². The predicted molar refractivity (Wildman–Crippen MR) is 152 cm³/mol. The largest absolute Gasteiger partial charge is 0.481 e. The van der Waals surface area contributed by atoms with Crippen molar-refractivity contribution in [3.8, 4) is 17.4 Å². The standard InChI is InChI=1S/C27H23BrCl2N4O4/c1-33(15-17-8-9-18(28)13-24(17)38-20-10-11-21(29)22(30)14-20)27(36)32-23-6-4-12-34(26(23)35)16-19-5-3-7-25(31-19)37-2/h3-14H,15-16H2,1-2H3,(H,32,36). The van der Waals surface area contributed by atoms with E-state index in [0.717, 1.165) is 10.0 Å². The first-order valence-corrected chi connectivity index (χ1v) is 12.9. The van der Waals surface area contributed by atoms with Crippen molar-refractivity contribution < 1.29 is 14.3 Å². The van der Waals surface area contributed by atoms with Gasteiger partial charge in [0.05, 0.1) is 35.9 Å². The van der Waals surface area contributed by atoms with Gasteiger partial charge in [-0.15, -0.1) is 0 Å². The van der Waals surface area contributed by atoms with Crippen molar-refractivity contribution in [2.75, 3.05) is 19.5 Å². The molecule has 196 valence electrons. The van der Waals surface area contributed by atoms with Crippen LogP contribution >= 0.6 is 39.1 Å². The number of ether oxygens (including phenoxy) is 2. The number of aromatic nitrogens is 2. The predicted octanol–water partition coefficient (Wildman–Crippen LogP) is 6.83. The summed E-state index contributed by atoms with van der Waals surface area (Å²) in [5.41, 5.74) is 1.18. The van der Waals surface area contributed by atoms with Gasteiger partial charge in [0.25, 0.3) is 5.56 Å². The van der Waals surface area contributed by atoms with Gasteiger partial charge in [0, 0.05) is 35.4 Å². The maximum atomic E-state index is 13.0. The highest BCUT2D eigenvalue weighted by Gasteiger charge is 2.16. The summed E-state index contributed by atoms with van der Waals surface area (Å²) in [5, 5.41) is 3.49. The molecule has 0 aliphatic carbocycles. The Morgan fingerprint density at radius 3 is 2.66 bits per heavy atom. The van der Waals surface area contributed by atoms with E-state index in [9.17, 15) is 9.59 Å². The molecule has 0 unspecified atom stereocenters. The Kier molecular flexibility index (Phi) is 8.93. The smallest absolute Gasteiger partial charge is 0.322 e. The van der Waals surface area contributed by atoms with Crippen molar-refractivity contribution >= 4 is 50.9 Å². The fourth-order valence-electron chi connectivity index (χ4n) is 3.55. The average molecular weight is 618 g/mol. The molecule has 0 saturated carbocycles. The number of nitrogens with one attached hydrogen (secondary N) is 1. The van der Waals surface area contributed by atoms with Gasteiger partial charge in [0.1, 0.15) is 17.2 Å². The first kappa shape index (κ1) is 27.5. The maximum Gasteiger partial charge on any atom is 0.322 e. The number of hydrogen-bond acceptors (Lipinski definition) is 5. The molecule has 38 heavy (non-hydrogen) atoms. The number of carbonyl (C=O) groups is 1. The van der Waals surface area contributed by atoms with E-state index in [1.807, 2.05) is 12.1 Å². The molecule has 0 fully saturated rings. The molecule has 4 rings (SSSR count). The van der Waals surface area contributed by atoms with Crippen molar-refractivity contribution in [2.24, 2.45) is 0 Å². The monoisotopic (exact) mass is 616 g/mol. The summed E-state index contributed by atoms with van der Waals surface area (Å²) >= 11 is 15.6. The molecule has 0 bridgehead atoms.